The highest BCUT2D eigenvalue weighted by Gasteiger charge is 2.83. The molecule has 0 aliphatic heterocycles. The molecule has 4 saturated carbocycles. The third kappa shape index (κ3) is 3.20. The van der Waals surface area contributed by atoms with Crippen LogP contribution >= 0.6 is 0 Å². The van der Waals surface area contributed by atoms with Gasteiger partial charge in [-0.2, -0.15) is 16.8 Å². The Morgan fingerprint density at radius 1 is 0.842 bits per heavy atom. The molecular weight excluding hydrogens is 528 g/mol. The summed E-state index contributed by atoms with van der Waals surface area (Å²) < 4.78 is 69.1. The first-order valence-corrected chi connectivity index (χ1v) is 16.5. The highest BCUT2D eigenvalue weighted by atomic mass is 32.2. The highest BCUT2D eigenvalue weighted by molar-refractivity contribution is 7.86. The number of Topliss-reactive ketones (excluding diaryl/α,β-unsaturated/α-hetero) is 2. The summed E-state index contributed by atoms with van der Waals surface area (Å²) in [6, 6.07) is 5.76. The lowest BCUT2D eigenvalue weighted by atomic mass is 9.53. The van der Waals surface area contributed by atoms with Crippen molar-refractivity contribution in [1.82, 2.24) is 0 Å². The van der Waals surface area contributed by atoms with Gasteiger partial charge in [0, 0.05) is 5.92 Å². The Morgan fingerprint density at radius 3 is 1.97 bits per heavy atom. The topological polar surface area (TPSA) is 143 Å². The van der Waals surface area contributed by atoms with E-state index in [1.54, 1.807) is 0 Å². The first kappa shape index (κ1) is 27.9. The smallest absolute Gasteiger partial charge is 0.265 e. The molecule has 6 atom stereocenters. The van der Waals surface area contributed by atoms with E-state index >= 15 is 4.79 Å². The second kappa shape index (κ2) is 7.77. The fraction of sp³-hybridized carbons (Fsp3) is 0.714. The van der Waals surface area contributed by atoms with Gasteiger partial charge in [-0.3, -0.25) is 18.7 Å². The van der Waals surface area contributed by atoms with E-state index in [0.717, 1.165) is 11.1 Å². The van der Waals surface area contributed by atoms with E-state index in [-0.39, 0.29) is 17.5 Å². The number of ketones is 2. The lowest BCUT2D eigenvalue weighted by molar-refractivity contribution is -0.143. The van der Waals surface area contributed by atoms with Crippen molar-refractivity contribution in [1.29, 1.82) is 0 Å². The normalized spacial score (nSPS) is 39.3. The van der Waals surface area contributed by atoms with Gasteiger partial charge >= 0.3 is 0 Å². The molecule has 0 aromatic heterocycles. The summed E-state index contributed by atoms with van der Waals surface area (Å²) >= 11 is 0. The molecule has 4 fully saturated rings. The van der Waals surface area contributed by atoms with Crippen LogP contribution in [0.15, 0.2) is 18.2 Å². The minimum atomic E-state index is -4.53. The summed E-state index contributed by atoms with van der Waals surface area (Å²) in [5, 5.41) is 0. The van der Waals surface area contributed by atoms with Gasteiger partial charge in [0.1, 0.15) is 5.78 Å². The van der Waals surface area contributed by atoms with Crippen LogP contribution in [0.1, 0.15) is 70.1 Å². The zero-order valence-corrected chi connectivity index (χ0v) is 24.5. The molecule has 0 radical (unpaired) electrons. The zero-order valence-electron chi connectivity index (χ0n) is 22.9. The molecule has 0 heterocycles. The molecule has 2 N–H and O–H groups in total. The molecule has 0 amide bonds. The van der Waals surface area contributed by atoms with Crippen LogP contribution in [-0.2, 0) is 35.2 Å². The lowest BCUT2D eigenvalue weighted by Crippen LogP contribution is -2.56. The lowest BCUT2D eigenvalue weighted by Gasteiger charge is -2.47. The van der Waals surface area contributed by atoms with E-state index in [1.807, 2.05) is 59.7 Å². The van der Waals surface area contributed by atoms with Crippen LogP contribution in [0.2, 0.25) is 0 Å². The fourth-order valence-corrected chi connectivity index (χ4v) is 12.5. The summed E-state index contributed by atoms with van der Waals surface area (Å²) in [7, 11) is -9.03. The van der Waals surface area contributed by atoms with Crippen molar-refractivity contribution >= 4 is 31.8 Å². The number of hydrogen-bond acceptors (Lipinski definition) is 6. The van der Waals surface area contributed by atoms with Gasteiger partial charge in [0.15, 0.2) is 5.78 Å². The minimum Gasteiger partial charge on any atom is -0.299 e. The fourth-order valence-electron chi connectivity index (χ4n) is 9.93. The molecule has 38 heavy (non-hydrogen) atoms. The second-order valence-corrected chi connectivity index (χ2v) is 16.6. The summed E-state index contributed by atoms with van der Waals surface area (Å²) in [4.78, 5) is 29.8. The summed E-state index contributed by atoms with van der Waals surface area (Å²) in [6.07, 6.45) is 1.63. The van der Waals surface area contributed by atoms with E-state index in [4.69, 9.17) is 0 Å². The van der Waals surface area contributed by atoms with E-state index in [9.17, 15) is 30.7 Å². The summed E-state index contributed by atoms with van der Waals surface area (Å²) in [6.45, 7) is 11.3. The van der Waals surface area contributed by atoms with Crippen LogP contribution in [0.3, 0.4) is 0 Å². The molecule has 5 rings (SSSR count). The third-order valence-electron chi connectivity index (χ3n) is 11.7. The van der Waals surface area contributed by atoms with Crippen LogP contribution in [0.4, 0.5) is 0 Å². The van der Waals surface area contributed by atoms with Crippen LogP contribution in [0.5, 0.6) is 0 Å². The van der Waals surface area contributed by atoms with Gasteiger partial charge in [-0.25, -0.2) is 0 Å². The molecule has 4 bridgehead atoms. The molecule has 8 nitrogen and oxygen atoms in total. The molecule has 4 aliphatic rings. The Hall–Kier alpha value is -1.62. The average Bonchev–Trinajstić information content (AvgIpc) is 3.25. The van der Waals surface area contributed by atoms with Crippen LogP contribution < -0.4 is 0 Å². The first-order chi connectivity index (χ1) is 17.2. The molecule has 4 aliphatic carbocycles. The maximum atomic E-state index is 15.1. The maximum Gasteiger partial charge on any atom is 0.265 e. The Morgan fingerprint density at radius 2 is 1.39 bits per heavy atom. The van der Waals surface area contributed by atoms with Gasteiger partial charge in [0.25, 0.3) is 20.2 Å². The Labute approximate surface area is 225 Å². The van der Waals surface area contributed by atoms with Crippen LogP contribution in [0.25, 0.3) is 0 Å². The van der Waals surface area contributed by atoms with E-state index in [1.165, 1.54) is 0 Å². The predicted octanol–water partition coefficient (Wildman–Crippen LogP) is 3.94. The number of rotatable bonds is 6. The minimum absolute atomic E-state index is 0.293. The molecule has 10 heteroatoms. The molecule has 6 unspecified atom stereocenters. The Bertz CT molecular complexity index is 1470. The Kier molecular flexibility index (Phi) is 5.71. The standard InChI is InChI=1S/C28H38O8S2/c1-16-7-8-17(2)19(13-16)28(20-10-12-27(23(28)30,25(20,5)6)15-38(34,35)36)21-18-9-11-26(22(21)29,24(18,3)4)14-37(31,32)33/h7-8,13,18,20-21H,9-12,14-15H2,1-6H3,(H,31,32,33)(H,34,35,36). The van der Waals surface area contributed by atoms with Crippen LogP contribution in [-0.4, -0.2) is 49.0 Å². The Balaban J connectivity index is 1.85. The summed E-state index contributed by atoms with van der Waals surface area (Å²) in [5.41, 5.74) is -3.36. The third-order valence-corrected chi connectivity index (χ3v) is 13.4. The van der Waals surface area contributed by atoms with Crippen molar-refractivity contribution in [2.24, 2.45) is 39.4 Å². The van der Waals surface area contributed by atoms with E-state index in [2.05, 4.69) is 0 Å². The molecule has 1 aromatic carbocycles. The van der Waals surface area contributed by atoms with Gasteiger partial charge in [-0.05, 0) is 73.3 Å². The number of aryl methyl sites for hydroxylation is 2. The van der Waals surface area contributed by atoms with Crippen molar-refractivity contribution in [3.63, 3.8) is 0 Å². The van der Waals surface area contributed by atoms with E-state index < -0.39 is 70.7 Å². The number of hydrogen-bond donors (Lipinski definition) is 2. The van der Waals surface area contributed by atoms with Gasteiger partial charge in [-0.15, -0.1) is 0 Å². The number of carbonyl (C=O) groups is 2. The largest absolute Gasteiger partial charge is 0.299 e. The first-order valence-electron chi connectivity index (χ1n) is 13.3. The number of benzene rings is 1. The van der Waals surface area contributed by atoms with Crippen molar-refractivity contribution in [2.75, 3.05) is 11.5 Å². The quantitative estimate of drug-likeness (QED) is 0.493. The number of carbonyl (C=O) groups excluding carboxylic acids is 2. The summed E-state index contributed by atoms with van der Waals surface area (Å²) in [5.74, 6) is -3.65. The van der Waals surface area contributed by atoms with Gasteiger partial charge in [0.2, 0.25) is 0 Å². The average molecular weight is 567 g/mol. The molecule has 0 saturated heterocycles. The van der Waals surface area contributed by atoms with Crippen LogP contribution in [0, 0.1) is 53.3 Å². The van der Waals surface area contributed by atoms with Crippen molar-refractivity contribution in [3.05, 3.63) is 34.9 Å². The molecule has 0 spiro atoms. The van der Waals surface area contributed by atoms with Gasteiger partial charge < -0.3 is 0 Å². The predicted molar refractivity (Wildman–Crippen MR) is 142 cm³/mol. The SMILES string of the molecule is Cc1ccc(C)c(C2(C3C(=O)C4(CS(=O)(=O)O)CCC3C4(C)C)C(=O)C3(CS(=O)(=O)O)CCC2C3(C)C)c1. The molecule has 210 valence electrons. The monoisotopic (exact) mass is 566 g/mol. The zero-order chi connectivity index (χ0) is 28.5. The maximum absolute atomic E-state index is 15.1. The van der Waals surface area contributed by atoms with Gasteiger partial charge in [-0.1, -0.05) is 51.5 Å². The second-order valence-electron chi connectivity index (χ2n) is 13.7. The van der Waals surface area contributed by atoms with Crippen molar-refractivity contribution < 1.29 is 35.5 Å². The molecular formula is C28H38O8S2. The highest BCUT2D eigenvalue weighted by Crippen LogP contribution is 2.78. The van der Waals surface area contributed by atoms with Crippen molar-refractivity contribution in [2.45, 2.75) is 72.6 Å². The van der Waals surface area contributed by atoms with E-state index in [0.29, 0.717) is 31.2 Å². The number of fused-ring (bicyclic) bond motifs is 4. The van der Waals surface area contributed by atoms with Gasteiger partial charge in [0.05, 0.1) is 27.8 Å². The van der Waals surface area contributed by atoms with Crippen molar-refractivity contribution in [3.8, 4) is 0 Å². The molecule has 1 aromatic rings.